The summed E-state index contributed by atoms with van der Waals surface area (Å²) in [7, 11) is 0. The Bertz CT molecular complexity index is 203. The molecule has 3 heterocycles. The van der Waals surface area contributed by atoms with Gasteiger partial charge in [0.05, 0.1) is 0 Å². The molecule has 0 aliphatic carbocycles. The summed E-state index contributed by atoms with van der Waals surface area (Å²) in [6.45, 7) is 9.20. The van der Waals surface area contributed by atoms with Crippen molar-refractivity contribution in [3.8, 4) is 0 Å². The van der Waals surface area contributed by atoms with Gasteiger partial charge in [-0.05, 0) is 25.3 Å². The Morgan fingerprint density at radius 2 is 2.07 bits per heavy atom. The highest BCUT2D eigenvalue weighted by Crippen LogP contribution is 2.22. The van der Waals surface area contributed by atoms with Crippen LogP contribution in [0.1, 0.15) is 12.8 Å². The van der Waals surface area contributed by atoms with Gasteiger partial charge in [-0.2, -0.15) is 0 Å². The molecule has 1 N–H and O–H groups in total. The molecular formula is C11H21N3. The van der Waals surface area contributed by atoms with Gasteiger partial charge in [0, 0.05) is 45.3 Å². The van der Waals surface area contributed by atoms with Crippen LogP contribution in [0, 0.1) is 5.92 Å². The van der Waals surface area contributed by atoms with Gasteiger partial charge in [0.2, 0.25) is 0 Å². The summed E-state index contributed by atoms with van der Waals surface area (Å²) >= 11 is 0. The lowest BCUT2D eigenvalue weighted by Crippen LogP contribution is -2.55. The highest BCUT2D eigenvalue weighted by Gasteiger charge is 2.31. The number of piperazine rings is 1. The first-order valence-electron chi connectivity index (χ1n) is 6.09. The van der Waals surface area contributed by atoms with Gasteiger partial charge in [0.1, 0.15) is 0 Å². The second kappa shape index (κ2) is 3.80. The Morgan fingerprint density at radius 3 is 2.86 bits per heavy atom. The van der Waals surface area contributed by atoms with Crippen LogP contribution in [0.3, 0.4) is 0 Å². The van der Waals surface area contributed by atoms with Crippen molar-refractivity contribution >= 4 is 0 Å². The fourth-order valence-corrected chi connectivity index (χ4v) is 3.06. The molecule has 3 rings (SSSR count). The molecule has 3 fully saturated rings. The van der Waals surface area contributed by atoms with Crippen molar-refractivity contribution in [1.29, 1.82) is 0 Å². The molecule has 0 amide bonds. The molecule has 0 bridgehead atoms. The summed E-state index contributed by atoms with van der Waals surface area (Å²) in [5.41, 5.74) is 0. The van der Waals surface area contributed by atoms with Crippen LogP contribution in [0.15, 0.2) is 0 Å². The molecule has 3 aliphatic heterocycles. The van der Waals surface area contributed by atoms with Gasteiger partial charge in [-0.1, -0.05) is 0 Å². The molecule has 80 valence electrons. The molecule has 0 aromatic rings. The molecule has 3 saturated heterocycles. The fourth-order valence-electron chi connectivity index (χ4n) is 3.06. The average Bonchev–Trinajstić information content (AvgIpc) is 2.58. The van der Waals surface area contributed by atoms with E-state index in [1.54, 1.807) is 0 Å². The first-order chi connectivity index (χ1) is 6.92. The molecule has 0 aromatic heterocycles. The van der Waals surface area contributed by atoms with E-state index in [-0.39, 0.29) is 0 Å². The molecule has 0 aromatic carbocycles. The largest absolute Gasteiger partial charge is 0.316 e. The highest BCUT2D eigenvalue weighted by atomic mass is 15.3. The quantitative estimate of drug-likeness (QED) is 0.668. The molecule has 3 heteroatoms. The van der Waals surface area contributed by atoms with Crippen molar-refractivity contribution in [2.75, 3.05) is 45.8 Å². The van der Waals surface area contributed by atoms with Crippen LogP contribution in [0.25, 0.3) is 0 Å². The Labute approximate surface area is 86.4 Å². The van der Waals surface area contributed by atoms with Crippen molar-refractivity contribution in [2.45, 2.75) is 18.9 Å². The van der Waals surface area contributed by atoms with Gasteiger partial charge in [-0.15, -0.1) is 0 Å². The summed E-state index contributed by atoms with van der Waals surface area (Å²) in [6.07, 6.45) is 2.88. The second-order valence-corrected chi connectivity index (χ2v) is 5.12. The summed E-state index contributed by atoms with van der Waals surface area (Å²) in [5, 5.41) is 3.36. The van der Waals surface area contributed by atoms with E-state index < -0.39 is 0 Å². The molecule has 0 spiro atoms. The fraction of sp³-hybridized carbons (Fsp3) is 1.00. The first-order valence-corrected chi connectivity index (χ1v) is 6.09. The third kappa shape index (κ3) is 1.69. The SMILES string of the molecule is C1CC2CN(CC3CNC3)CCN2C1. The third-order valence-electron chi connectivity index (χ3n) is 4.05. The van der Waals surface area contributed by atoms with Crippen LogP contribution in [0.2, 0.25) is 0 Å². The second-order valence-electron chi connectivity index (χ2n) is 5.12. The molecular weight excluding hydrogens is 174 g/mol. The predicted octanol–water partition coefficient (Wildman–Crippen LogP) is -0.0142. The number of nitrogens with zero attached hydrogens (tertiary/aromatic N) is 2. The van der Waals surface area contributed by atoms with Crippen molar-refractivity contribution in [2.24, 2.45) is 5.92 Å². The minimum Gasteiger partial charge on any atom is -0.316 e. The lowest BCUT2D eigenvalue weighted by molar-refractivity contribution is 0.0831. The Morgan fingerprint density at radius 1 is 1.14 bits per heavy atom. The van der Waals surface area contributed by atoms with E-state index in [9.17, 15) is 0 Å². The van der Waals surface area contributed by atoms with Gasteiger partial charge >= 0.3 is 0 Å². The monoisotopic (exact) mass is 195 g/mol. The van der Waals surface area contributed by atoms with E-state index in [4.69, 9.17) is 0 Å². The van der Waals surface area contributed by atoms with Crippen molar-refractivity contribution in [3.63, 3.8) is 0 Å². The van der Waals surface area contributed by atoms with Gasteiger partial charge < -0.3 is 10.2 Å². The average molecular weight is 195 g/mol. The van der Waals surface area contributed by atoms with Crippen LogP contribution < -0.4 is 5.32 Å². The highest BCUT2D eigenvalue weighted by molar-refractivity contribution is 4.88. The van der Waals surface area contributed by atoms with Crippen molar-refractivity contribution in [3.05, 3.63) is 0 Å². The van der Waals surface area contributed by atoms with E-state index in [1.165, 1.54) is 58.7 Å². The van der Waals surface area contributed by atoms with Crippen LogP contribution in [-0.4, -0.2) is 61.7 Å². The topological polar surface area (TPSA) is 18.5 Å². The molecule has 3 nitrogen and oxygen atoms in total. The van der Waals surface area contributed by atoms with E-state index in [2.05, 4.69) is 15.1 Å². The zero-order valence-corrected chi connectivity index (χ0v) is 8.91. The van der Waals surface area contributed by atoms with Crippen molar-refractivity contribution < 1.29 is 0 Å². The molecule has 14 heavy (non-hydrogen) atoms. The van der Waals surface area contributed by atoms with Crippen LogP contribution in [0.5, 0.6) is 0 Å². The Kier molecular flexibility index (Phi) is 2.48. The number of nitrogens with one attached hydrogen (secondary N) is 1. The number of rotatable bonds is 2. The minimum absolute atomic E-state index is 0.900. The summed E-state index contributed by atoms with van der Waals surface area (Å²) in [6, 6.07) is 0.900. The van der Waals surface area contributed by atoms with Gasteiger partial charge in [0.25, 0.3) is 0 Å². The van der Waals surface area contributed by atoms with Crippen molar-refractivity contribution in [1.82, 2.24) is 15.1 Å². The zero-order valence-electron chi connectivity index (χ0n) is 8.91. The maximum absolute atomic E-state index is 3.36. The molecule has 0 saturated carbocycles. The lowest BCUT2D eigenvalue weighted by Gasteiger charge is -2.40. The predicted molar refractivity (Wildman–Crippen MR) is 57.4 cm³/mol. The van der Waals surface area contributed by atoms with Crippen LogP contribution in [0.4, 0.5) is 0 Å². The third-order valence-corrected chi connectivity index (χ3v) is 4.05. The lowest BCUT2D eigenvalue weighted by atomic mass is 10.0. The van der Waals surface area contributed by atoms with E-state index >= 15 is 0 Å². The maximum Gasteiger partial charge on any atom is 0.0224 e. The number of hydrogen-bond acceptors (Lipinski definition) is 3. The van der Waals surface area contributed by atoms with E-state index in [0.29, 0.717) is 0 Å². The molecule has 0 radical (unpaired) electrons. The molecule has 3 aliphatic rings. The van der Waals surface area contributed by atoms with Crippen LogP contribution >= 0.6 is 0 Å². The summed E-state index contributed by atoms with van der Waals surface area (Å²) in [5.74, 6) is 0.947. The summed E-state index contributed by atoms with van der Waals surface area (Å²) in [4.78, 5) is 5.38. The Hall–Kier alpha value is -0.120. The Balaban J connectivity index is 1.51. The molecule has 1 unspecified atom stereocenters. The summed E-state index contributed by atoms with van der Waals surface area (Å²) < 4.78 is 0. The van der Waals surface area contributed by atoms with Gasteiger partial charge in [0.15, 0.2) is 0 Å². The number of fused-ring (bicyclic) bond motifs is 1. The normalized spacial score (nSPS) is 35.6. The van der Waals surface area contributed by atoms with Gasteiger partial charge in [-0.25, -0.2) is 0 Å². The van der Waals surface area contributed by atoms with Crippen LogP contribution in [-0.2, 0) is 0 Å². The van der Waals surface area contributed by atoms with Gasteiger partial charge in [-0.3, -0.25) is 4.90 Å². The molecule has 1 atom stereocenters. The standard InChI is InChI=1S/C11H21N3/c1-2-11-9-13(4-5-14(11)3-1)8-10-6-12-7-10/h10-12H,1-9H2. The first kappa shape index (κ1) is 9.13. The van der Waals surface area contributed by atoms with E-state index in [0.717, 1.165) is 12.0 Å². The maximum atomic E-state index is 3.36. The minimum atomic E-state index is 0.900. The number of hydrogen-bond donors (Lipinski definition) is 1. The zero-order chi connectivity index (χ0) is 9.38. The van der Waals surface area contributed by atoms with E-state index in [1.807, 2.05) is 0 Å². The smallest absolute Gasteiger partial charge is 0.0224 e.